The zero-order chi connectivity index (χ0) is 18.1. The van der Waals surface area contributed by atoms with Crippen LogP contribution < -0.4 is 4.90 Å². The summed E-state index contributed by atoms with van der Waals surface area (Å²) in [5.41, 5.74) is 3.11. The number of fused-ring (bicyclic) bond motifs is 1. The third-order valence-electron chi connectivity index (χ3n) is 4.02. The predicted molar refractivity (Wildman–Crippen MR) is 105 cm³/mol. The molecule has 0 bridgehead atoms. The van der Waals surface area contributed by atoms with Gasteiger partial charge in [-0.15, -0.1) is 15.0 Å². The summed E-state index contributed by atoms with van der Waals surface area (Å²) in [4.78, 5) is 5.74. The predicted octanol–water partition coefficient (Wildman–Crippen LogP) is 4.34. The number of rotatable bonds is 4. The van der Waals surface area contributed by atoms with Gasteiger partial charge in [0.15, 0.2) is 0 Å². The minimum Gasteiger partial charge on any atom is -0.506 e. The molecular formula is C20H18N4OS. The van der Waals surface area contributed by atoms with Crippen LogP contribution >= 0.6 is 11.8 Å². The van der Waals surface area contributed by atoms with Gasteiger partial charge in [0.05, 0.1) is 0 Å². The molecule has 0 aliphatic heterocycles. The van der Waals surface area contributed by atoms with E-state index >= 15 is 0 Å². The number of benzene rings is 3. The van der Waals surface area contributed by atoms with Gasteiger partial charge in [0.2, 0.25) is 0 Å². The topological polar surface area (TPSA) is 54.2 Å². The maximum absolute atomic E-state index is 10.2. The Labute approximate surface area is 155 Å². The van der Waals surface area contributed by atoms with Gasteiger partial charge < -0.3 is 10.0 Å². The van der Waals surface area contributed by atoms with Crippen LogP contribution in [-0.4, -0.2) is 34.2 Å². The molecule has 0 amide bonds. The van der Waals surface area contributed by atoms with Gasteiger partial charge in [-0.25, -0.2) is 0 Å². The molecule has 0 saturated heterocycles. The van der Waals surface area contributed by atoms with Gasteiger partial charge in [0.1, 0.15) is 22.5 Å². The summed E-state index contributed by atoms with van der Waals surface area (Å²) in [6.45, 7) is 0. The maximum Gasteiger partial charge on any atom is 0.143 e. The van der Waals surface area contributed by atoms with Crippen LogP contribution in [0.5, 0.6) is 5.75 Å². The molecule has 0 radical (unpaired) electrons. The molecule has 0 aliphatic rings. The Balaban J connectivity index is 1.71. The molecule has 0 aliphatic carbocycles. The average molecular weight is 362 g/mol. The monoisotopic (exact) mass is 362 g/mol. The number of hydrogen-bond acceptors (Lipinski definition) is 5. The fraction of sp³-hybridized carbons (Fsp3) is 0.100. The van der Waals surface area contributed by atoms with Crippen LogP contribution in [0, 0.1) is 0 Å². The van der Waals surface area contributed by atoms with E-state index in [0.29, 0.717) is 5.69 Å². The van der Waals surface area contributed by atoms with Crippen molar-refractivity contribution in [2.45, 2.75) is 9.79 Å². The number of anilines is 1. The zero-order valence-electron chi connectivity index (χ0n) is 14.5. The lowest BCUT2D eigenvalue weighted by atomic mass is 10.2. The Bertz CT molecular complexity index is 1060. The second-order valence-electron chi connectivity index (χ2n) is 6.12. The molecule has 3 aromatic carbocycles. The van der Waals surface area contributed by atoms with E-state index in [0.717, 1.165) is 21.6 Å². The second kappa shape index (κ2) is 6.72. The first-order valence-corrected chi connectivity index (χ1v) is 9.02. The molecule has 0 atom stereocenters. The van der Waals surface area contributed by atoms with Gasteiger partial charge in [-0.3, -0.25) is 0 Å². The molecule has 6 heteroatoms. The van der Waals surface area contributed by atoms with Gasteiger partial charge in [0.25, 0.3) is 0 Å². The molecule has 1 aromatic heterocycles. The number of aromatic hydroxyl groups is 1. The van der Waals surface area contributed by atoms with Gasteiger partial charge in [-0.05, 0) is 48.5 Å². The van der Waals surface area contributed by atoms with Crippen LogP contribution in [0.1, 0.15) is 0 Å². The van der Waals surface area contributed by atoms with Crippen LogP contribution in [0.2, 0.25) is 0 Å². The molecule has 130 valence electrons. The molecule has 0 saturated carbocycles. The number of aromatic nitrogens is 3. The number of hydrogen-bond donors (Lipinski definition) is 1. The van der Waals surface area contributed by atoms with Crippen molar-refractivity contribution in [2.24, 2.45) is 0 Å². The van der Waals surface area contributed by atoms with E-state index in [1.165, 1.54) is 9.69 Å². The Kier molecular flexibility index (Phi) is 4.26. The number of phenolic OH excluding ortho intramolecular Hbond substituents is 1. The van der Waals surface area contributed by atoms with Crippen molar-refractivity contribution in [1.29, 1.82) is 0 Å². The van der Waals surface area contributed by atoms with Crippen LogP contribution in [0.15, 0.2) is 76.5 Å². The summed E-state index contributed by atoms with van der Waals surface area (Å²) < 4.78 is 0. The van der Waals surface area contributed by atoms with E-state index in [1.807, 2.05) is 67.5 Å². The van der Waals surface area contributed by atoms with Crippen molar-refractivity contribution in [2.75, 3.05) is 19.0 Å². The normalized spacial score (nSPS) is 11.0. The maximum atomic E-state index is 10.2. The summed E-state index contributed by atoms with van der Waals surface area (Å²) in [6.07, 6.45) is 0. The quantitative estimate of drug-likeness (QED) is 0.585. The minimum absolute atomic E-state index is 0.148. The first-order valence-electron chi connectivity index (χ1n) is 8.21. The van der Waals surface area contributed by atoms with Crippen molar-refractivity contribution < 1.29 is 5.11 Å². The molecule has 4 aromatic rings. The second-order valence-corrected chi connectivity index (χ2v) is 7.27. The minimum atomic E-state index is 0.148. The lowest BCUT2D eigenvalue weighted by molar-refractivity contribution is 0.468. The van der Waals surface area contributed by atoms with Crippen molar-refractivity contribution in [3.05, 3.63) is 66.7 Å². The summed E-state index contributed by atoms with van der Waals surface area (Å²) in [5.74, 6) is 0.148. The molecule has 26 heavy (non-hydrogen) atoms. The first kappa shape index (κ1) is 16.5. The fourth-order valence-electron chi connectivity index (χ4n) is 2.64. The highest BCUT2D eigenvalue weighted by atomic mass is 32.2. The van der Waals surface area contributed by atoms with Crippen molar-refractivity contribution in [3.63, 3.8) is 0 Å². The van der Waals surface area contributed by atoms with E-state index in [9.17, 15) is 5.11 Å². The summed E-state index contributed by atoms with van der Waals surface area (Å²) in [5, 5.41) is 19.3. The number of nitrogens with zero attached hydrogens (tertiary/aromatic N) is 4. The van der Waals surface area contributed by atoms with Gasteiger partial charge >= 0.3 is 0 Å². The van der Waals surface area contributed by atoms with E-state index in [-0.39, 0.29) is 5.75 Å². The molecule has 0 unspecified atom stereocenters. The third kappa shape index (κ3) is 3.23. The Morgan fingerprint density at radius 3 is 2.38 bits per heavy atom. The first-order chi connectivity index (χ1) is 12.6. The van der Waals surface area contributed by atoms with Crippen molar-refractivity contribution in [1.82, 2.24) is 15.0 Å². The number of phenols is 1. The summed E-state index contributed by atoms with van der Waals surface area (Å²) >= 11 is 1.68. The molecular weight excluding hydrogens is 344 g/mol. The van der Waals surface area contributed by atoms with Gasteiger partial charge in [-0.2, -0.15) is 0 Å². The molecule has 0 spiro atoms. The molecule has 4 rings (SSSR count). The lowest BCUT2D eigenvalue weighted by Crippen LogP contribution is -2.09. The highest BCUT2D eigenvalue weighted by Crippen LogP contribution is 2.30. The van der Waals surface area contributed by atoms with Crippen LogP contribution in [0.4, 0.5) is 5.69 Å². The molecule has 0 fully saturated rings. The van der Waals surface area contributed by atoms with Crippen LogP contribution in [0.3, 0.4) is 0 Å². The van der Waals surface area contributed by atoms with Crippen LogP contribution in [-0.2, 0) is 0 Å². The van der Waals surface area contributed by atoms with E-state index in [4.69, 9.17) is 0 Å². The Morgan fingerprint density at radius 2 is 1.62 bits per heavy atom. The van der Waals surface area contributed by atoms with Crippen molar-refractivity contribution in [3.8, 4) is 11.4 Å². The van der Waals surface area contributed by atoms with E-state index < -0.39 is 0 Å². The average Bonchev–Trinajstić information content (AvgIpc) is 3.06. The van der Waals surface area contributed by atoms with Gasteiger partial charge in [0, 0.05) is 29.6 Å². The molecule has 5 nitrogen and oxygen atoms in total. The summed E-state index contributed by atoms with van der Waals surface area (Å²) in [7, 11) is 3.91. The van der Waals surface area contributed by atoms with E-state index in [1.54, 1.807) is 17.8 Å². The van der Waals surface area contributed by atoms with Crippen LogP contribution in [0.25, 0.3) is 16.7 Å². The standard InChI is InChI=1S/C20H18N4OS/c1-23(2)14-8-11-20(25)19(12-14)24-21-17-10-9-16(13-18(17)22-24)26-15-6-4-3-5-7-15/h3-13,25H,1-2H3. The third-order valence-corrected chi connectivity index (χ3v) is 5.02. The Morgan fingerprint density at radius 1 is 0.846 bits per heavy atom. The SMILES string of the molecule is CN(C)c1ccc(O)c(-n2nc3ccc(Sc4ccccc4)cc3n2)c1. The highest BCUT2D eigenvalue weighted by Gasteiger charge is 2.11. The van der Waals surface area contributed by atoms with Gasteiger partial charge in [-0.1, -0.05) is 30.0 Å². The largest absolute Gasteiger partial charge is 0.506 e. The summed E-state index contributed by atoms with van der Waals surface area (Å²) in [6, 6.07) is 21.6. The molecule has 1 N–H and O–H groups in total. The highest BCUT2D eigenvalue weighted by molar-refractivity contribution is 7.99. The lowest BCUT2D eigenvalue weighted by Gasteiger charge is -2.14. The smallest absolute Gasteiger partial charge is 0.143 e. The van der Waals surface area contributed by atoms with Crippen molar-refractivity contribution >= 4 is 28.5 Å². The fourth-order valence-corrected chi connectivity index (χ4v) is 3.51. The zero-order valence-corrected chi connectivity index (χ0v) is 15.3. The van der Waals surface area contributed by atoms with E-state index in [2.05, 4.69) is 22.3 Å². The Hall–Kier alpha value is -2.99. The molecule has 1 heterocycles.